The van der Waals surface area contributed by atoms with Crippen LogP contribution in [0.2, 0.25) is 5.02 Å². The minimum absolute atomic E-state index is 0.0686. The van der Waals surface area contributed by atoms with Crippen molar-refractivity contribution in [2.45, 2.75) is 18.3 Å². The summed E-state index contributed by atoms with van der Waals surface area (Å²) in [6, 6.07) is 24.6. The summed E-state index contributed by atoms with van der Waals surface area (Å²) in [6.07, 6.45) is 5.85. The van der Waals surface area contributed by atoms with Gasteiger partial charge in [0.15, 0.2) is 11.5 Å². The van der Waals surface area contributed by atoms with Crippen molar-refractivity contribution in [3.05, 3.63) is 130 Å². The molecule has 3 fully saturated rings. The molecule has 4 aromatic carbocycles. The minimum atomic E-state index is -1.47. The first kappa shape index (κ1) is 35.8. The maximum atomic E-state index is 15.3. The van der Waals surface area contributed by atoms with Gasteiger partial charge in [-0.2, -0.15) is 0 Å². The fraction of sp³-hybridized carbons (Fsp3) is 0.233. The number of halogens is 1. The molecule has 55 heavy (non-hydrogen) atoms. The zero-order chi connectivity index (χ0) is 38.8. The Kier molecular flexibility index (Phi) is 8.84. The van der Waals surface area contributed by atoms with Gasteiger partial charge in [-0.1, -0.05) is 77.9 Å². The van der Waals surface area contributed by atoms with Crippen molar-refractivity contribution < 1.29 is 43.7 Å². The minimum Gasteiger partial charge on any atom is -0.502 e. The number of amides is 4. The van der Waals surface area contributed by atoms with E-state index in [-0.39, 0.29) is 41.3 Å². The van der Waals surface area contributed by atoms with Crippen LogP contribution in [-0.2, 0) is 24.6 Å². The molecule has 2 aliphatic carbocycles. The molecule has 6 unspecified atom stereocenters. The molecule has 0 radical (unpaired) electrons. The molecule has 278 valence electrons. The van der Waals surface area contributed by atoms with E-state index < -0.39 is 64.6 Å². The van der Waals surface area contributed by atoms with E-state index >= 15 is 4.79 Å². The summed E-state index contributed by atoms with van der Waals surface area (Å²) in [4.78, 5) is 72.9. The molecular formula is C43H35ClN2O9. The van der Waals surface area contributed by atoms with Gasteiger partial charge in [-0.05, 0) is 78.4 Å². The lowest BCUT2D eigenvalue weighted by Gasteiger charge is -2.49. The second-order valence-corrected chi connectivity index (χ2v) is 14.6. The first-order valence-electron chi connectivity index (χ1n) is 17.7. The number of benzene rings is 4. The summed E-state index contributed by atoms with van der Waals surface area (Å²) in [5.74, 6) is -6.90. The van der Waals surface area contributed by atoms with E-state index in [1.54, 1.807) is 42.5 Å². The zero-order valence-corrected chi connectivity index (χ0v) is 30.5. The van der Waals surface area contributed by atoms with Gasteiger partial charge in [0.2, 0.25) is 29.4 Å². The normalized spacial score (nSPS) is 25.8. The van der Waals surface area contributed by atoms with Crippen LogP contribution in [0.3, 0.4) is 0 Å². The number of carboxylic acid groups (broad SMARTS) is 1. The van der Waals surface area contributed by atoms with Gasteiger partial charge in [0, 0.05) is 10.9 Å². The number of allylic oxidation sites excluding steroid dienone is 3. The number of aromatic carboxylic acids is 1. The predicted molar refractivity (Wildman–Crippen MR) is 203 cm³/mol. The number of nitrogens with zero attached hydrogens (tertiary/aromatic N) is 2. The quantitative estimate of drug-likeness (QED) is 0.148. The summed E-state index contributed by atoms with van der Waals surface area (Å²) in [5, 5.41) is 20.6. The van der Waals surface area contributed by atoms with E-state index in [1.165, 1.54) is 43.4 Å². The van der Waals surface area contributed by atoms with Crippen molar-refractivity contribution in [2.75, 3.05) is 24.0 Å². The van der Waals surface area contributed by atoms with Gasteiger partial charge in [-0.25, -0.2) is 9.69 Å². The fourth-order valence-corrected chi connectivity index (χ4v) is 9.42. The third-order valence-electron chi connectivity index (χ3n) is 11.6. The summed E-state index contributed by atoms with van der Waals surface area (Å²) in [5.41, 5.74) is 0.857. The molecule has 0 aromatic heterocycles. The van der Waals surface area contributed by atoms with Gasteiger partial charge in [0.05, 0.1) is 54.3 Å². The van der Waals surface area contributed by atoms with E-state index in [4.69, 9.17) is 21.1 Å². The van der Waals surface area contributed by atoms with Crippen LogP contribution in [0, 0.1) is 29.6 Å². The number of methoxy groups -OCH3 is 2. The Bertz CT molecular complexity index is 2330. The van der Waals surface area contributed by atoms with Crippen LogP contribution >= 0.6 is 11.6 Å². The first-order chi connectivity index (χ1) is 26.5. The molecule has 2 heterocycles. The van der Waals surface area contributed by atoms with E-state index in [0.717, 1.165) is 10.5 Å². The highest BCUT2D eigenvalue weighted by Crippen LogP contribution is 2.62. The lowest BCUT2D eigenvalue weighted by Crippen LogP contribution is -2.54. The van der Waals surface area contributed by atoms with Crippen LogP contribution in [0.15, 0.2) is 109 Å². The maximum absolute atomic E-state index is 15.3. The number of carboxylic acids is 1. The molecule has 11 nitrogen and oxygen atoms in total. The van der Waals surface area contributed by atoms with Gasteiger partial charge in [-0.3, -0.25) is 24.1 Å². The van der Waals surface area contributed by atoms with E-state index in [2.05, 4.69) is 0 Å². The lowest BCUT2D eigenvalue weighted by molar-refractivity contribution is -0.128. The summed E-state index contributed by atoms with van der Waals surface area (Å²) in [7, 11) is 2.83. The second kappa shape index (κ2) is 13.6. The molecule has 0 spiro atoms. The number of hydrogen-bond acceptors (Lipinski definition) is 8. The Hall–Kier alpha value is -6.20. The number of aromatic hydroxyl groups is 1. The van der Waals surface area contributed by atoms with Crippen molar-refractivity contribution in [3.63, 3.8) is 0 Å². The summed E-state index contributed by atoms with van der Waals surface area (Å²) >= 11 is 6.40. The van der Waals surface area contributed by atoms with Gasteiger partial charge in [0.1, 0.15) is 0 Å². The van der Waals surface area contributed by atoms with Gasteiger partial charge in [-0.15, -0.1) is 0 Å². The van der Waals surface area contributed by atoms with Crippen LogP contribution in [0.4, 0.5) is 11.4 Å². The van der Waals surface area contributed by atoms with Crippen molar-refractivity contribution in [1.29, 1.82) is 0 Å². The average Bonchev–Trinajstić information content (AvgIpc) is 3.58. The van der Waals surface area contributed by atoms with Crippen molar-refractivity contribution in [2.24, 2.45) is 29.6 Å². The standard InChI is InChI=1S/C43H35ClN2O9/c1-54-34-18-23(19-35(55-2)37(34)47)14-17-32-29-15-16-30-36(40(50)45(38(30)48)27-12-6-8-24(20-27)41(51)52)31(29)22-33-39(49)46(28-13-7-11-26(44)21-28)42(53)43(32,33)25-9-4-3-5-10-25/h3-15,17-21,30-33,36,47H,16,22H2,1-2H3,(H,51,52). The van der Waals surface area contributed by atoms with Crippen molar-refractivity contribution in [3.8, 4) is 17.2 Å². The largest absolute Gasteiger partial charge is 0.502 e. The number of phenolic OH excluding ortho intramolecular Hbond substituents is 1. The molecular weight excluding hydrogens is 724 g/mol. The highest BCUT2D eigenvalue weighted by molar-refractivity contribution is 6.32. The molecule has 8 rings (SSSR count). The summed E-state index contributed by atoms with van der Waals surface area (Å²) < 4.78 is 10.8. The third kappa shape index (κ3) is 5.44. The number of phenols is 1. The first-order valence-corrected chi connectivity index (χ1v) is 18.1. The molecule has 1 saturated carbocycles. The van der Waals surface area contributed by atoms with Crippen LogP contribution in [-0.4, -0.2) is 54.0 Å². The molecule has 0 bridgehead atoms. The van der Waals surface area contributed by atoms with Gasteiger partial charge < -0.3 is 19.7 Å². The Morgan fingerprint density at radius 1 is 0.818 bits per heavy atom. The Labute approximate surface area is 321 Å². The molecule has 4 amide bonds. The molecule has 2 N–H and O–H groups in total. The van der Waals surface area contributed by atoms with Crippen molar-refractivity contribution in [1.82, 2.24) is 0 Å². The van der Waals surface area contributed by atoms with Crippen LogP contribution < -0.4 is 19.3 Å². The summed E-state index contributed by atoms with van der Waals surface area (Å²) in [6.45, 7) is 0. The Balaban J connectivity index is 1.32. The average molecular weight is 759 g/mol. The monoisotopic (exact) mass is 758 g/mol. The van der Waals surface area contributed by atoms with Crippen molar-refractivity contribution >= 4 is 58.6 Å². The third-order valence-corrected chi connectivity index (χ3v) is 11.8. The predicted octanol–water partition coefficient (Wildman–Crippen LogP) is 6.67. The van der Waals surface area contributed by atoms with Gasteiger partial charge in [0.25, 0.3) is 0 Å². The van der Waals surface area contributed by atoms with Gasteiger partial charge >= 0.3 is 5.97 Å². The highest BCUT2D eigenvalue weighted by Gasteiger charge is 2.69. The van der Waals surface area contributed by atoms with Crippen LogP contribution in [0.1, 0.15) is 34.3 Å². The number of ether oxygens (including phenoxy) is 2. The second-order valence-electron chi connectivity index (χ2n) is 14.1. The SMILES string of the molecule is COc1cc(C=CC2C3=CCC4C(=O)N(c5cccc(C(=O)O)c5)C(=O)C4C3CC3C(=O)N(c4cccc(Cl)c4)C(=O)C23c2ccccc2)cc(OC)c1O. The van der Waals surface area contributed by atoms with E-state index in [1.807, 2.05) is 42.5 Å². The maximum Gasteiger partial charge on any atom is 0.335 e. The fourth-order valence-electron chi connectivity index (χ4n) is 9.24. The molecule has 4 aliphatic rings. The smallest absolute Gasteiger partial charge is 0.335 e. The van der Waals surface area contributed by atoms with Crippen LogP contribution in [0.5, 0.6) is 17.2 Å². The number of rotatable bonds is 8. The van der Waals surface area contributed by atoms with E-state index in [0.29, 0.717) is 21.8 Å². The number of hydrogen-bond donors (Lipinski definition) is 2. The highest BCUT2D eigenvalue weighted by atomic mass is 35.5. The molecule has 2 aliphatic heterocycles. The molecule has 2 saturated heterocycles. The Morgan fingerprint density at radius 3 is 2.15 bits per heavy atom. The molecule has 6 atom stereocenters. The topological polar surface area (TPSA) is 151 Å². The van der Waals surface area contributed by atoms with E-state index in [9.17, 15) is 29.4 Å². The lowest BCUT2D eigenvalue weighted by atomic mass is 9.50. The number of carbonyl (C=O) groups is 5. The number of anilines is 2. The van der Waals surface area contributed by atoms with Crippen LogP contribution in [0.25, 0.3) is 6.08 Å². The number of fused-ring (bicyclic) bond motifs is 4. The number of imide groups is 2. The Morgan fingerprint density at radius 2 is 1.49 bits per heavy atom. The zero-order valence-electron chi connectivity index (χ0n) is 29.7. The number of carbonyl (C=O) groups excluding carboxylic acids is 4. The molecule has 12 heteroatoms. The molecule has 4 aromatic rings.